The number of hydrogen-bond acceptors (Lipinski definition) is 11. The highest BCUT2D eigenvalue weighted by atomic mass is 16.7. The van der Waals surface area contributed by atoms with Crippen LogP contribution in [0.5, 0.6) is 23.0 Å². The van der Waals surface area contributed by atoms with E-state index >= 15 is 0 Å². The zero-order valence-corrected chi connectivity index (χ0v) is 36.2. The van der Waals surface area contributed by atoms with E-state index in [0.717, 1.165) is 47.9 Å². The lowest BCUT2D eigenvalue weighted by Crippen LogP contribution is -2.69. The minimum absolute atomic E-state index is 0.0180. The number of rotatable bonds is 19. The number of carbonyl (C=O) groups excluding carboxylic acids is 2. The summed E-state index contributed by atoms with van der Waals surface area (Å²) in [5.74, 6) is -0.648. The molecule has 0 aromatic heterocycles. The van der Waals surface area contributed by atoms with Gasteiger partial charge in [-0.15, -0.1) is 6.58 Å². The number of hydrogen-bond donors (Lipinski definition) is 3. The minimum atomic E-state index is -1.46. The van der Waals surface area contributed by atoms with Crippen molar-refractivity contribution in [2.24, 2.45) is 22.9 Å². The van der Waals surface area contributed by atoms with E-state index in [1.54, 1.807) is 42.3 Å². The summed E-state index contributed by atoms with van der Waals surface area (Å²) in [4.78, 5) is 35.9. The lowest BCUT2D eigenvalue weighted by Gasteiger charge is -2.59. The highest BCUT2D eigenvalue weighted by Crippen LogP contribution is 2.62. The number of ether oxygens (including phenoxy) is 5. The fourth-order valence-electron chi connectivity index (χ4n) is 9.84. The topological polar surface area (TPSA) is 158 Å². The maximum absolute atomic E-state index is 14.8. The standard InChI is InChI=1S/C51H57N3O10/c1-3-26-61-51-46(54(2)49(57)37-20-22-44-45(28-37)60-33-59-44)30-42(53-62-32-35-16-8-5-9-17-35)40-27-36(18-10-12-24-55)39(19-11-13-25-56)47(48(40)51)41-29-38(21-23-43(41)64-51)63-50(58)52-31-34-14-6-4-7-15-34/h3-9,14-17,20-23,27-29,36,39,46-48,55-56H,1,10-13,18-19,24-26,30-33H2,2H3,(H,52,58). The van der Waals surface area contributed by atoms with Crippen LogP contribution in [0.1, 0.15) is 77.9 Å². The number of likely N-dealkylation sites (N-methyl/N-ethyl adjacent to an activating group) is 1. The maximum Gasteiger partial charge on any atom is 0.412 e. The average molecular weight is 872 g/mol. The Labute approximate surface area is 374 Å². The Morgan fingerprint density at radius 2 is 1.61 bits per heavy atom. The van der Waals surface area contributed by atoms with Crippen LogP contribution < -0.4 is 24.3 Å². The van der Waals surface area contributed by atoms with Crippen LogP contribution in [0.25, 0.3) is 0 Å². The molecule has 2 aliphatic carbocycles. The van der Waals surface area contributed by atoms with Gasteiger partial charge in [-0.1, -0.05) is 90.8 Å². The van der Waals surface area contributed by atoms with Crippen LogP contribution in [0, 0.1) is 17.8 Å². The maximum atomic E-state index is 14.8. The van der Waals surface area contributed by atoms with Gasteiger partial charge in [-0.25, -0.2) is 4.79 Å². The van der Waals surface area contributed by atoms with E-state index in [1.165, 1.54) is 0 Å². The van der Waals surface area contributed by atoms with Crippen molar-refractivity contribution in [3.63, 3.8) is 0 Å². The first-order chi connectivity index (χ1) is 31.3. The Morgan fingerprint density at radius 3 is 2.36 bits per heavy atom. The lowest BCUT2D eigenvalue weighted by molar-refractivity contribution is -0.252. The molecule has 0 saturated heterocycles. The monoisotopic (exact) mass is 871 g/mol. The van der Waals surface area contributed by atoms with Crippen molar-refractivity contribution in [1.82, 2.24) is 10.2 Å². The molecule has 13 heteroatoms. The van der Waals surface area contributed by atoms with Gasteiger partial charge in [0.2, 0.25) is 12.6 Å². The van der Waals surface area contributed by atoms with Gasteiger partial charge in [0.15, 0.2) is 11.5 Å². The van der Waals surface area contributed by atoms with E-state index in [1.807, 2.05) is 72.8 Å². The van der Waals surface area contributed by atoms with Gasteiger partial charge in [-0.3, -0.25) is 4.79 Å². The Hall–Kier alpha value is -6.15. The van der Waals surface area contributed by atoms with Crippen LogP contribution in [-0.2, 0) is 22.7 Å². The van der Waals surface area contributed by atoms with E-state index in [0.29, 0.717) is 53.7 Å². The number of amides is 2. The molecule has 0 spiro atoms. The van der Waals surface area contributed by atoms with Gasteiger partial charge in [-0.2, -0.15) is 0 Å². The van der Waals surface area contributed by atoms with E-state index in [9.17, 15) is 19.8 Å². The molecule has 2 heterocycles. The number of unbranched alkanes of at least 4 members (excludes halogenated alkanes) is 2. The number of fused-ring (bicyclic) bond motifs is 3. The Kier molecular flexibility index (Phi) is 14.3. The quantitative estimate of drug-likeness (QED) is 0.0476. The molecular formula is C51H57N3O10. The Morgan fingerprint density at radius 1 is 0.891 bits per heavy atom. The number of aliphatic hydroxyl groups is 2. The molecule has 2 aliphatic heterocycles. The largest absolute Gasteiger partial charge is 0.459 e. The molecule has 1 saturated carbocycles. The van der Waals surface area contributed by atoms with Gasteiger partial charge in [0.25, 0.3) is 5.91 Å². The molecule has 8 rings (SSSR count). The normalized spacial score (nSPS) is 23.2. The number of nitrogens with zero attached hydrogens (tertiary/aromatic N) is 2. The highest BCUT2D eigenvalue weighted by molar-refractivity contribution is 6.03. The third-order valence-corrected chi connectivity index (χ3v) is 12.8. The van der Waals surface area contributed by atoms with Crippen molar-refractivity contribution in [1.29, 1.82) is 0 Å². The van der Waals surface area contributed by atoms with Crippen molar-refractivity contribution in [2.45, 2.75) is 75.8 Å². The summed E-state index contributed by atoms with van der Waals surface area (Å²) in [5.41, 5.74) is 4.69. The predicted molar refractivity (Wildman–Crippen MR) is 240 cm³/mol. The van der Waals surface area contributed by atoms with E-state index in [2.05, 4.69) is 18.0 Å². The molecule has 6 atom stereocenters. The van der Waals surface area contributed by atoms with E-state index < -0.39 is 23.8 Å². The summed E-state index contributed by atoms with van der Waals surface area (Å²) in [6.45, 7) is 4.87. The molecule has 6 unspecified atom stereocenters. The molecule has 4 aromatic carbocycles. The number of aliphatic hydroxyl groups excluding tert-OH is 2. The number of benzene rings is 4. The lowest BCUT2D eigenvalue weighted by atomic mass is 9.55. The van der Waals surface area contributed by atoms with Crippen LogP contribution in [0.2, 0.25) is 0 Å². The molecule has 4 aliphatic rings. The van der Waals surface area contributed by atoms with Crippen molar-refractivity contribution in [3.05, 3.63) is 144 Å². The fourth-order valence-corrected chi connectivity index (χ4v) is 9.84. The van der Waals surface area contributed by atoms with Crippen LogP contribution in [0.3, 0.4) is 0 Å². The first-order valence-electron chi connectivity index (χ1n) is 22.2. The zero-order chi connectivity index (χ0) is 44.5. The van der Waals surface area contributed by atoms with Gasteiger partial charge in [-0.05, 0) is 90.6 Å². The summed E-state index contributed by atoms with van der Waals surface area (Å²) in [6.07, 6.45) is 7.96. The molecule has 13 nitrogen and oxygen atoms in total. The van der Waals surface area contributed by atoms with Crippen molar-refractivity contribution >= 4 is 17.7 Å². The fraction of sp³-hybridized carbons (Fsp3) is 0.392. The van der Waals surface area contributed by atoms with Gasteiger partial charge in [0.1, 0.15) is 24.1 Å². The van der Waals surface area contributed by atoms with E-state index in [4.69, 9.17) is 33.7 Å². The number of oxime groups is 1. The summed E-state index contributed by atoms with van der Waals surface area (Å²) in [6, 6.07) is 29.3. The molecule has 3 N–H and O–H groups in total. The minimum Gasteiger partial charge on any atom is -0.459 e. The second-order valence-electron chi connectivity index (χ2n) is 16.7. The molecule has 2 amide bonds. The summed E-state index contributed by atoms with van der Waals surface area (Å²) >= 11 is 0. The zero-order valence-electron chi connectivity index (χ0n) is 36.2. The van der Waals surface area contributed by atoms with Crippen molar-refractivity contribution in [3.8, 4) is 23.0 Å². The van der Waals surface area contributed by atoms with Crippen molar-refractivity contribution in [2.75, 3.05) is 33.7 Å². The SMILES string of the molecule is C=CCOC12Oc3ccc(OC(=O)NCc4ccccc4)cc3C3C(CCCCO)C(CCCCO)C=C(C(=NOCc4ccccc4)CC1N(C)C(=O)c1ccc4c(c1)OCO4)C32. The molecule has 0 bridgehead atoms. The van der Waals surface area contributed by atoms with Gasteiger partial charge in [0, 0.05) is 50.3 Å². The summed E-state index contributed by atoms with van der Waals surface area (Å²) in [7, 11) is 1.76. The Balaban J connectivity index is 1.26. The van der Waals surface area contributed by atoms with Crippen LogP contribution in [0.4, 0.5) is 4.79 Å². The van der Waals surface area contributed by atoms with Crippen LogP contribution >= 0.6 is 0 Å². The van der Waals surface area contributed by atoms with Gasteiger partial charge in [0.05, 0.1) is 18.2 Å². The summed E-state index contributed by atoms with van der Waals surface area (Å²) < 4.78 is 31.5. The molecule has 336 valence electrons. The van der Waals surface area contributed by atoms with Gasteiger partial charge >= 0.3 is 6.09 Å². The molecular weight excluding hydrogens is 815 g/mol. The second kappa shape index (κ2) is 20.6. The van der Waals surface area contributed by atoms with E-state index in [-0.39, 0.29) is 63.3 Å². The second-order valence-corrected chi connectivity index (χ2v) is 16.7. The smallest absolute Gasteiger partial charge is 0.412 e. The average Bonchev–Trinajstić information content (AvgIpc) is 3.80. The number of carbonyl (C=O) groups is 2. The first-order valence-corrected chi connectivity index (χ1v) is 22.2. The summed E-state index contributed by atoms with van der Waals surface area (Å²) in [5, 5.41) is 27.6. The molecule has 64 heavy (non-hydrogen) atoms. The van der Waals surface area contributed by atoms with Crippen molar-refractivity contribution < 1.29 is 48.3 Å². The van der Waals surface area contributed by atoms with Crippen LogP contribution in [0.15, 0.2) is 127 Å². The number of allylic oxidation sites excluding steroid dienone is 1. The van der Waals surface area contributed by atoms with Crippen LogP contribution in [-0.4, -0.2) is 78.3 Å². The third kappa shape index (κ3) is 9.52. The van der Waals surface area contributed by atoms with Gasteiger partial charge < -0.3 is 49.0 Å². The highest BCUT2D eigenvalue weighted by Gasteiger charge is 2.65. The third-order valence-electron chi connectivity index (χ3n) is 12.8. The Bertz CT molecular complexity index is 2320. The first kappa shape index (κ1) is 44.5. The molecule has 4 aromatic rings. The molecule has 1 fully saturated rings. The predicted octanol–water partition coefficient (Wildman–Crippen LogP) is 8.31. The molecule has 0 radical (unpaired) electrons. The number of nitrogens with one attached hydrogen (secondary N) is 1.